The lowest BCUT2D eigenvalue weighted by Crippen LogP contribution is -2.13. The number of aromatic nitrogens is 1. The lowest BCUT2D eigenvalue weighted by Gasteiger charge is -2.06. The van der Waals surface area contributed by atoms with Crippen LogP contribution in [0.3, 0.4) is 0 Å². The Hall–Kier alpha value is -1.59. The van der Waals surface area contributed by atoms with Crippen molar-refractivity contribution in [1.82, 2.24) is 4.98 Å². The summed E-state index contributed by atoms with van der Waals surface area (Å²) in [5.41, 5.74) is 6.97. The molecular formula is C12H9BrClN3O. The molecule has 0 radical (unpaired) electrons. The van der Waals surface area contributed by atoms with Crippen molar-refractivity contribution >= 4 is 44.8 Å². The van der Waals surface area contributed by atoms with E-state index < -0.39 is 0 Å². The van der Waals surface area contributed by atoms with Gasteiger partial charge in [0.15, 0.2) is 0 Å². The minimum atomic E-state index is -0.302. The maximum Gasteiger partial charge on any atom is 0.274 e. The molecule has 1 aromatic carbocycles. The monoisotopic (exact) mass is 325 g/mol. The Labute approximate surface area is 117 Å². The third-order valence-corrected chi connectivity index (χ3v) is 3.03. The van der Waals surface area contributed by atoms with Gasteiger partial charge in [-0.05, 0) is 46.3 Å². The van der Waals surface area contributed by atoms with E-state index in [0.717, 1.165) is 4.47 Å². The number of carbonyl (C=O) groups is 1. The summed E-state index contributed by atoms with van der Waals surface area (Å²) in [6, 6.07) is 8.27. The van der Waals surface area contributed by atoms with Crippen molar-refractivity contribution in [3.63, 3.8) is 0 Å². The molecular weight excluding hydrogens is 318 g/mol. The van der Waals surface area contributed by atoms with Crippen LogP contribution in [0, 0.1) is 0 Å². The third-order valence-electron chi connectivity index (χ3n) is 2.21. The Morgan fingerprint density at radius 1 is 1.33 bits per heavy atom. The topological polar surface area (TPSA) is 68.0 Å². The summed E-state index contributed by atoms with van der Waals surface area (Å²) in [7, 11) is 0. The quantitative estimate of drug-likeness (QED) is 0.832. The molecule has 18 heavy (non-hydrogen) atoms. The maximum absolute atomic E-state index is 11.9. The number of anilines is 2. The highest BCUT2D eigenvalue weighted by Crippen LogP contribution is 2.22. The lowest BCUT2D eigenvalue weighted by molar-refractivity contribution is 0.102. The van der Waals surface area contributed by atoms with Gasteiger partial charge in [-0.15, -0.1) is 0 Å². The van der Waals surface area contributed by atoms with Crippen molar-refractivity contribution in [2.45, 2.75) is 0 Å². The first kappa shape index (κ1) is 12.9. The summed E-state index contributed by atoms with van der Waals surface area (Å²) < 4.78 is 0.815. The number of hydrogen-bond acceptors (Lipinski definition) is 3. The van der Waals surface area contributed by atoms with E-state index in [1.807, 2.05) is 0 Å². The van der Waals surface area contributed by atoms with Crippen LogP contribution in [-0.4, -0.2) is 10.9 Å². The van der Waals surface area contributed by atoms with Crippen LogP contribution in [0.25, 0.3) is 0 Å². The van der Waals surface area contributed by atoms with Crippen molar-refractivity contribution in [2.75, 3.05) is 11.1 Å². The molecule has 3 N–H and O–H groups in total. The number of rotatable bonds is 2. The molecule has 0 aliphatic heterocycles. The number of nitrogen functional groups attached to an aromatic ring is 1. The van der Waals surface area contributed by atoms with E-state index in [2.05, 4.69) is 26.2 Å². The normalized spacial score (nSPS) is 10.1. The molecule has 0 aliphatic rings. The van der Waals surface area contributed by atoms with Crippen molar-refractivity contribution < 1.29 is 4.79 Å². The number of benzene rings is 1. The van der Waals surface area contributed by atoms with Crippen LogP contribution >= 0.6 is 27.5 Å². The molecule has 1 heterocycles. The molecule has 2 rings (SSSR count). The highest BCUT2D eigenvalue weighted by Gasteiger charge is 2.08. The Balaban J connectivity index is 2.16. The van der Waals surface area contributed by atoms with E-state index in [1.54, 1.807) is 36.5 Å². The molecule has 0 bridgehead atoms. The van der Waals surface area contributed by atoms with Crippen molar-refractivity contribution in [2.24, 2.45) is 0 Å². The summed E-state index contributed by atoms with van der Waals surface area (Å²) in [5, 5.41) is 3.14. The van der Waals surface area contributed by atoms with Crippen LogP contribution in [0.1, 0.15) is 10.5 Å². The maximum atomic E-state index is 11.9. The fourth-order valence-corrected chi connectivity index (χ4v) is 1.68. The van der Waals surface area contributed by atoms with Gasteiger partial charge in [0.05, 0.1) is 10.7 Å². The first-order chi connectivity index (χ1) is 8.56. The predicted octanol–water partition coefficient (Wildman–Crippen LogP) is 3.33. The minimum Gasteiger partial charge on any atom is -0.397 e. The second kappa shape index (κ2) is 5.37. The van der Waals surface area contributed by atoms with E-state index in [9.17, 15) is 4.79 Å². The van der Waals surface area contributed by atoms with E-state index in [1.165, 1.54) is 0 Å². The molecule has 0 saturated carbocycles. The van der Waals surface area contributed by atoms with Gasteiger partial charge in [0, 0.05) is 16.4 Å². The van der Waals surface area contributed by atoms with E-state index >= 15 is 0 Å². The summed E-state index contributed by atoms with van der Waals surface area (Å²) in [6.45, 7) is 0. The van der Waals surface area contributed by atoms with Crippen LogP contribution in [0.15, 0.2) is 41.0 Å². The Morgan fingerprint density at radius 2 is 2.11 bits per heavy atom. The van der Waals surface area contributed by atoms with Gasteiger partial charge in [0.25, 0.3) is 5.91 Å². The number of hydrogen-bond donors (Lipinski definition) is 2. The zero-order valence-electron chi connectivity index (χ0n) is 9.15. The Kier molecular flexibility index (Phi) is 3.84. The first-order valence-corrected chi connectivity index (χ1v) is 6.21. The molecule has 0 atom stereocenters. The van der Waals surface area contributed by atoms with Crippen molar-refractivity contribution in [3.8, 4) is 0 Å². The second-order valence-electron chi connectivity index (χ2n) is 3.55. The number of pyridine rings is 1. The van der Waals surface area contributed by atoms with Gasteiger partial charge >= 0.3 is 0 Å². The van der Waals surface area contributed by atoms with Crippen molar-refractivity contribution in [1.29, 1.82) is 0 Å². The molecule has 92 valence electrons. The zero-order chi connectivity index (χ0) is 13.1. The molecule has 0 spiro atoms. The molecule has 0 saturated heterocycles. The number of halogens is 2. The molecule has 0 fully saturated rings. The zero-order valence-corrected chi connectivity index (χ0v) is 11.5. The largest absolute Gasteiger partial charge is 0.397 e. The molecule has 1 amide bonds. The van der Waals surface area contributed by atoms with Gasteiger partial charge in [-0.1, -0.05) is 11.6 Å². The van der Waals surface area contributed by atoms with Crippen molar-refractivity contribution in [3.05, 3.63) is 51.7 Å². The molecule has 0 unspecified atom stereocenters. The fourth-order valence-electron chi connectivity index (χ4n) is 1.33. The smallest absolute Gasteiger partial charge is 0.274 e. The number of nitrogens with one attached hydrogen (secondary N) is 1. The third kappa shape index (κ3) is 3.00. The van der Waals surface area contributed by atoms with Crippen LogP contribution in [-0.2, 0) is 0 Å². The van der Waals surface area contributed by atoms with Gasteiger partial charge in [-0.3, -0.25) is 4.79 Å². The number of nitrogens with zero attached hydrogens (tertiary/aromatic N) is 1. The van der Waals surface area contributed by atoms with Crippen LogP contribution in [0.4, 0.5) is 11.4 Å². The van der Waals surface area contributed by atoms with E-state index in [0.29, 0.717) is 22.1 Å². The molecule has 4 nitrogen and oxygen atoms in total. The summed E-state index contributed by atoms with van der Waals surface area (Å²) in [5.74, 6) is -0.302. The molecule has 1 aromatic heterocycles. The van der Waals surface area contributed by atoms with Crippen LogP contribution in [0.5, 0.6) is 0 Å². The highest BCUT2D eigenvalue weighted by molar-refractivity contribution is 9.10. The number of amides is 1. The highest BCUT2D eigenvalue weighted by atomic mass is 79.9. The average molecular weight is 327 g/mol. The Morgan fingerprint density at radius 3 is 2.72 bits per heavy atom. The van der Waals surface area contributed by atoms with E-state index in [-0.39, 0.29) is 5.91 Å². The minimum absolute atomic E-state index is 0.302. The van der Waals surface area contributed by atoms with Gasteiger partial charge in [0.2, 0.25) is 0 Å². The fraction of sp³-hybridized carbons (Fsp3) is 0. The van der Waals surface area contributed by atoms with Gasteiger partial charge in [-0.25, -0.2) is 4.98 Å². The van der Waals surface area contributed by atoms with Crippen LogP contribution < -0.4 is 11.1 Å². The van der Waals surface area contributed by atoms with Crippen LogP contribution in [0.2, 0.25) is 5.02 Å². The average Bonchev–Trinajstić information content (AvgIpc) is 2.34. The summed E-state index contributed by atoms with van der Waals surface area (Å²) in [4.78, 5) is 15.9. The number of carbonyl (C=O) groups excluding carboxylic acids is 1. The standard InChI is InChI=1S/C12H9BrClN3O/c13-7-1-4-11(16-6-7)12(18)17-8-2-3-9(14)10(15)5-8/h1-6H,15H2,(H,17,18). The second-order valence-corrected chi connectivity index (χ2v) is 4.87. The summed E-state index contributed by atoms with van der Waals surface area (Å²) >= 11 is 9.05. The van der Waals surface area contributed by atoms with Gasteiger partial charge in [0.1, 0.15) is 5.69 Å². The Bertz CT molecular complexity index is 586. The summed E-state index contributed by atoms with van der Waals surface area (Å²) in [6.07, 6.45) is 1.56. The first-order valence-electron chi connectivity index (χ1n) is 5.04. The predicted molar refractivity (Wildman–Crippen MR) is 75.8 cm³/mol. The molecule has 0 aliphatic carbocycles. The van der Waals surface area contributed by atoms with Gasteiger partial charge in [-0.2, -0.15) is 0 Å². The SMILES string of the molecule is Nc1cc(NC(=O)c2ccc(Br)cn2)ccc1Cl. The number of nitrogens with two attached hydrogens (primary N) is 1. The lowest BCUT2D eigenvalue weighted by atomic mass is 10.2. The molecule has 6 heteroatoms. The van der Waals surface area contributed by atoms with Gasteiger partial charge < -0.3 is 11.1 Å². The van der Waals surface area contributed by atoms with E-state index in [4.69, 9.17) is 17.3 Å². The molecule has 2 aromatic rings.